The molecule has 0 N–H and O–H groups in total. The lowest BCUT2D eigenvalue weighted by molar-refractivity contribution is 0.669. The van der Waals surface area contributed by atoms with E-state index in [0.29, 0.717) is 0 Å². The van der Waals surface area contributed by atoms with Gasteiger partial charge in [0.25, 0.3) is 0 Å². The van der Waals surface area contributed by atoms with Crippen molar-refractivity contribution in [2.24, 2.45) is 0 Å². The third-order valence-electron chi connectivity index (χ3n) is 12.6. The normalized spacial score (nSPS) is 11.9. The van der Waals surface area contributed by atoms with Crippen LogP contribution in [0.25, 0.3) is 104 Å². The van der Waals surface area contributed by atoms with Crippen molar-refractivity contribution < 1.29 is 8.83 Å². The zero-order valence-corrected chi connectivity index (χ0v) is 33.5. The Labute approximate surface area is 356 Å². The quantitative estimate of drug-likeness (QED) is 0.168. The molecule has 0 unspecified atom stereocenters. The van der Waals surface area contributed by atoms with Crippen molar-refractivity contribution >= 4 is 93.5 Å². The van der Waals surface area contributed by atoms with Crippen LogP contribution in [0.5, 0.6) is 0 Å². The van der Waals surface area contributed by atoms with Crippen LogP contribution in [-0.2, 0) is 0 Å². The Morgan fingerprint density at radius 1 is 0.339 bits per heavy atom. The smallest absolute Gasteiger partial charge is 0.143 e. The first-order valence-corrected chi connectivity index (χ1v) is 21.1. The Morgan fingerprint density at radius 2 is 0.919 bits per heavy atom. The highest BCUT2D eigenvalue weighted by Gasteiger charge is 2.23. The fraction of sp³-hybridized carbons (Fsp3) is 0. The number of para-hydroxylation sites is 7. The summed E-state index contributed by atoms with van der Waals surface area (Å²) < 4.78 is 15.4. The maximum atomic E-state index is 6.50. The van der Waals surface area contributed by atoms with Gasteiger partial charge in [0.15, 0.2) is 0 Å². The molecule has 0 aliphatic heterocycles. The topological polar surface area (TPSA) is 34.5 Å². The van der Waals surface area contributed by atoms with E-state index in [0.717, 1.165) is 99.9 Å². The van der Waals surface area contributed by atoms with Crippen molar-refractivity contribution in [3.63, 3.8) is 0 Å². The minimum Gasteiger partial charge on any atom is -0.456 e. The van der Waals surface area contributed by atoms with E-state index in [2.05, 4.69) is 216 Å². The fourth-order valence-electron chi connectivity index (χ4n) is 9.74. The van der Waals surface area contributed by atoms with Gasteiger partial charge < -0.3 is 18.3 Å². The summed E-state index contributed by atoms with van der Waals surface area (Å²) in [6, 6.07) is 78.1. The van der Waals surface area contributed by atoms with Crippen molar-refractivity contribution in [3.8, 4) is 27.9 Å². The lowest BCUT2D eigenvalue weighted by Gasteiger charge is -2.30. The van der Waals surface area contributed by atoms with Crippen molar-refractivity contribution in [2.45, 2.75) is 0 Å². The van der Waals surface area contributed by atoms with E-state index in [4.69, 9.17) is 8.83 Å². The number of anilines is 3. The van der Waals surface area contributed by atoms with Gasteiger partial charge >= 0.3 is 0 Å². The van der Waals surface area contributed by atoms with Crippen molar-refractivity contribution in [2.75, 3.05) is 4.90 Å². The highest BCUT2D eigenvalue weighted by Crippen LogP contribution is 2.46. The largest absolute Gasteiger partial charge is 0.456 e. The summed E-state index contributed by atoms with van der Waals surface area (Å²) in [7, 11) is 0. The lowest BCUT2D eigenvalue weighted by Crippen LogP contribution is -2.14. The Morgan fingerprint density at radius 3 is 1.73 bits per heavy atom. The number of hydrogen-bond donors (Lipinski definition) is 0. The molecule has 0 spiro atoms. The molecule has 0 atom stereocenters. The second-order valence-electron chi connectivity index (χ2n) is 16.0. The van der Waals surface area contributed by atoms with Crippen molar-refractivity contribution in [1.82, 2.24) is 4.57 Å². The van der Waals surface area contributed by atoms with E-state index in [1.165, 1.54) is 21.5 Å². The van der Waals surface area contributed by atoms with Crippen LogP contribution in [0.4, 0.5) is 17.1 Å². The lowest BCUT2D eigenvalue weighted by atomic mass is 9.98. The van der Waals surface area contributed by atoms with Gasteiger partial charge in [0.1, 0.15) is 22.3 Å². The molecule has 290 valence electrons. The predicted octanol–water partition coefficient (Wildman–Crippen LogP) is 16.5. The third kappa shape index (κ3) is 5.27. The molecule has 10 aromatic carbocycles. The molecule has 4 heteroatoms. The summed E-state index contributed by atoms with van der Waals surface area (Å²) in [5.41, 5.74) is 14.5. The van der Waals surface area contributed by atoms with Gasteiger partial charge in [-0.05, 0) is 94.7 Å². The first kappa shape index (κ1) is 34.5. The zero-order valence-electron chi connectivity index (χ0n) is 33.5. The molecular weight excluding hydrogens is 757 g/mol. The summed E-state index contributed by atoms with van der Waals surface area (Å²) in [5, 5.41) is 9.27. The molecule has 3 aromatic heterocycles. The summed E-state index contributed by atoms with van der Waals surface area (Å²) >= 11 is 0. The first-order chi connectivity index (χ1) is 30.7. The van der Waals surface area contributed by atoms with Crippen molar-refractivity contribution in [3.05, 3.63) is 218 Å². The van der Waals surface area contributed by atoms with Crippen LogP contribution in [0, 0.1) is 0 Å². The average Bonchev–Trinajstić information content (AvgIpc) is 4.01. The van der Waals surface area contributed by atoms with Gasteiger partial charge in [0.2, 0.25) is 0 Å². The molecule has 62 heavy (non-hydrogen) atoms. The average molecular weight is 793 g/mol. The first-order valence-electron chi connectivity index (χ1n) is 21.1. The highest BCUT2D eigenvalue weighted by molar-refractivity contribution is 6.13. The molecule has 0 saturated heterocycles. The van der Waals surface area contributed by atoms with Crippen LogP contribution in [-0.4, -0.2) is 4.57 Å². The SMILES string of the molecule is c1ccc(N(c2ccc(-c3cccc4c3oc3ccccc34)cc2)c2ccccc2-n2c3ccccc3c3ccccc32)c(-c2ccc3oc4cc5ccccc5cc4c3c2)c1. The van der Waals surface area contributed by atoms with Crippen LogP contribution >= 0.6 is 0 Å². The number of furan rings is 2. The molecule has 0 bridgehead atoms. The number of aromatic nitrogens is 1. The van der Waals surface area contributed by atoms with E-state index in [1.54, 1.807) is 0 Å². The van der Waals surface area contributed by atoms with Crippen LogP contribution in [0.1, 0.15) is 0 Å². The maximum absolute atomic E-state index is 6.50. The Hall–Kier alpha value is -8.34. The van der Waals surface area contributed by atoms with Crippen molar-refractivity contribution in [1.29, 1.82) is 0 Å². The Bertz CT molecular complexity index is 3830. The number of fused-ring (bicyclic) bond motifs is 10. The van der Waals surface area contributed by atoms with Crippen LogP contribution in [0.2, 0.25) is 0 Å². The minimum atomic E-state index is 0.875. The van der Waals surface area contributed by atoms with Gasteiger partial charge in [-0.3, -0.25) is 0 Å². The van der Waals surface area contributed by atoms with Gasteiger partial charge in [-0.15, -0.1) is 0 Å². The summed E-state index contributed by atoms with van der Waals surface area (Å²) in [4.78, 5) is 2.42. The van der Waals surface area contributed by atoms with E-state index >= 15 is 0 Å². The second kappa shape index (κ2) is 13.6. The van der Waals surface area contributed by atoms with Crippen LogP contribution in [0.3, 0.4) is 0 Å². The molecule has 0 aliphatic carbocycles. The number of rotatable bonds is 6. The Kier molecular flexibility index (Phi) is 7.57. The Balaban J connectivity index is 1.03. The van der Waals surface area contributed by atoms with E-state index in [1.807, 2.05) is 12.1 Å². The molecule has 13 rings (SSSR count). The monoisotopic (exact) mass is 792 g/mol. The summed E-state index contributed by atoms with van der Waals surface area (Å²) in [5.74, 6) is 0. The van der Waals surface area contributed by atoms with Crippen LogP contribution in [0.15, 0.2) is 227 Å². The molecule has 0 aliphatic rings. The molecule has 0 amide bonds. The highest BCUT2D eigenvalue weighted by atomic mass is 16.3. The van der Waals surface area contributed by atoms with Gasteiger partial charge in [-0.1, -0.05) is 146 Å². The van der Waals surface area contributed by atoms with Gasteiger partial charge in [0, 0.05) is 49.1 Å². The standard InChI is InChI=1S/C58H36N2O2/c1-2-15-39-36-57-49(34-38(39)14-1)48-35-40(30-33-56(48)61-57)42-16-3-7-22-50(42)59(41-31-28-37(29-32-41)43-20-13-21-47-46-19-6-12-27-55(46)62-58(43)47)53-25-10-11-26-54(53)60-51-23-8-4-17-44(51)45-18-5-9-24-52(45)60/h1-36H. The molecule has 0 fully saturated rings. The summed E-state index contributed by atoms with van der Waals surface area (Å²) in [6.45, 7) is 0. The van der Waals surface area contributed by atoms with Gasteiger partial charge in [0.05, 0.1) is 28.1 Å². The number of hydrogen-bond acceptors (Lipinski definition) is 3. The molecule has 0 radical (unpaired) electrons. The molecule has 3 heterocycles. The third-order valence-corrected chi connectivity index (χ3v) is 12.6. The second-order valence-corrected chi connectivity index (χ2v) is 16.0. The van der Waals surface area contributed by atoms with Gasteiger partial charge in [-0.25, -0.2) is 0 Å². The van der Waals surface area contributed by atoms with E-state index in [-0.39, 0.29) is 0 Å². The summed E-state index contributed by atoms with van der Waals surface area (Å²) in [6.07, 6.45) is 0. The molecule has 0 saturated carbocycles. The molecular formula is C58H36N2O2. The van der Waals surface area contributed by atoms with Gasteiger partial charge in [-0.2, -0.15) is 0 Å². The number of nitrogens with zero attached hydrogens (tertiary/aromatic N) is 2. The molecule has 13 aromatic rings. The van der Waals surface area contributed by atoms with E-state index < -0.39 is 0 Å². The van der Waals surface area contributed by atoms with E-state index in [9.17, 15) is 0 Å². The fourth-order valence-corrected chi connectivity index (χ4v) is 9.74. The van der Waals surface area contributed by atoms with Crippen LogP contribution < -0.4 is 4.90 Å². The zero-order chi connectivity index (χ0) is 40.7. The molecule has 4 nitrogen and oxygen atoms in total. The minimum absolute atomic E-state index is 0.875. The maximum Gasteiger partial charge on any atom is 0.143 e. The predicted molar refractivity (Wildman–Crippen MR) is 258 cm³/mol. The number of benzene rings is 10.